The summed E-state index contributed by atoms with van der Waals surface area (Å²) in [6, 6.07) is -0.420. The van der Waals surface area contributed by atoms with E-state index in [2.05, 4.69) is 0 Å². The van der Waals surface area contributed by atoms with Gasteiger partial charge in [0, 0.05) is 6.42 Å². The van der Waals surface area contributed by atoms with Crippen LogP contribution in [0.15, 0.2) is 0 Å². The Bertz CT molecular complexity index is 138. The molecule has 58 valence electrons. The molecule has 0 amide bonds. The predicted molar refractivity (Wildman–Crippen MR) is 36.1 cm³/mol. The molecule has 2 atom stereocenters. The monoisotopic (exact) mass is 144 g/mol. The van der Waals surface area contributed by atoms with Gasteiger partial charge in [0.15, 0.2) is 0 Å². The third kappa shape index (κ3) is 1.46. The van der Waals surface area contributed by atoms with Gasteiger partial charge in [-0.1, -0.05) is 0 Å². The Balaban J connectivity index is 2.34. The minimum atomic E-state index is -0.420. The van der Waals surface area contributed by atoms with E-state index in [0.717, 1.165) is 6.42 Å². The van der Waals surface area contributed by atoms with Crippen LogP contribution in [0.4, 0.5) is 0 Å². The zero-order valence-electron chi connectivity index (χ0n) is 5.75. The lowest BCUT2D eigenvalue weighted by Crippen LogP contribution is -2.24. The number of carbonyl (C=O) groups is 1. The average molecular weight is 144 g/mol. The molecule has 1 fully saturated rings. The second-order valence-electron chi connectivity index (χ2n) is 2.48. The van der Waals surface area contributed by atoms with Crippen LogP contribution in [0.5, 0.6) is 0 Å². The van der Waals surface area contributed by atoms with Gasteiger partial charge in [-0.3, -0.25) is 4.79 Å². The van der Waals surface area contributed by atoms with Crippen LogP contribution in [0.25, 0.3) is 0 Å². The van der Waals surface area contributed by atoms with Gasteiger partial charge in [-0.2, -0.15) is 0 Å². The van der Waals surface area contributed by atoms with E-state index in [-0.39, 0.29) is 12.1 Å². The molecule has 0 unspecified atom stereocenters. The number of ether oxygens (including phenoxy) is 1. The van der Waals surface area contributed by atoms with Crippen molar-refractivity contribution in [3.05, 3.63) is 0 Å². The molecular weight excluding hydrogens is 132 g/mol. The summed E-state index contributed by atoms with van der Waals surface area (Å²) in [7, 11) is 0. The highest BCUT2D eigenvalue weighted by Crippen LogP contribution is 2.14. The van der Waals surface area contributed by atoms with E-state index in [1.165, 1.54) is 0 Å². The van der Waals surface area contributed by atoms with E-state index < -0.39 is 6.04 Å². The van der Waals surface area contributed by atoms with Crippen molar-refractivity contribution in [3.63, 3.8) is 0 Å². The number of nitrogens with two attached hydrogens (primary N) is 2. The topological polar surface area (TPSA) is 78.3 Å². The van der Waals surface area contributed by atoms with Crippen LogP contribution < -0.4 is 11.5 Å². The molecule has 1 heterocycles. The van der Waals surface area contributed by atoms with Crippen LogP contribution >= 0.6 is 0 Å². The molecule has 1 saturated heterocycles. The number of esters is 1. The Hall–Kier alpha value is -0.610. The van der Waals surface area contributed by atoms with Crippen LogP contribution in [0.2, 0.25) is 0 Å². The Morgan fingerprint density at radius 1 is 1.70 bits per heavy atom. The van der Waals surface area contributed by atoms with E-state index in [0.29, 0.717) is 13.0 Å². The van der Waals surface area contributed by atoms with Crippen molar-refractivity contribution in [1.82, 2.24) is 0 Å². The molecule has 0 aromatic carbocycles. The molecule has 0 bridgehead atoms. The molecule has 0 aliphatic carbocycles. The van der Waals surface area contributed by atoms with Crippen LogP contribution in [-0.2, 0) is 9.53 Å². The van der Waals surface area contributed by atoms with E-state index >= 15 is 0 Å². The highest BCUT2D eigenvalue weighted by atomic mass is 16.6. The minimum Gasteiger partial charge on any atom is -0.461 e. The molecule has 1 aliphatic rings. The zero-order chi connectivity index (χ0) is 7.56. The first-order valence-electron chi connectivity index (χ1n) is 3.40. The summed E-state index contributed by atoms with van der Waals surface area (Å²) in [5.74, 6) is -0.293. The van der Waals surface area contributed by atoms with Crippen molar-refractivity contribution in [2.75, 3.05) is 6.54 Å². The first-order valence-corrected chi connectivity index (χ1v) is 3.40. The van der Waals surface area contributed by atoms with E-state index in [1.54, 1.807) is 0 Å². The number of cyclic esters (lactones) is 1. The fraction of sp³-hybridized carbons (Fsp3) is 0.833. The molecule has 4 nitrogen and oxygen atoms in total. The second kappa shape index (κ2) is 2.98. The normalized spacial score (nSPS) is 32.4. The lowest BCUT2D eigenvalue weighted by atomic mass is 10.1. The van der Waals surface area contributed by atoms with Gasteiger partial charge in [-0.15, -0.1) is 0 Å². The molecule has 0 saturated carbocycles. The van der Waals surface area contributed by atoms with Crippen LogP contribution in [0.1, 0.15) is 12.8 Å². The third-order valence-corrected chi connectivity index (χ3v) is 1.59. The molecule has 0 radical (unpaired) electrons. The van der Waals surface area contributed by atoms with Crippen molar-refractivity contribution in [3.8, 4) is 0 Å². The summed E-state index contributed by atoms with van der Waals surface area (Å²) in [5, 5.41) is 0. The Kier molecular flexibility index (Phi) is 2.24. The van der Waals surface area contributed by atoms with E-state index in [1.807, 2.05) is 0 Å². The minimum absolute atomic E-state index is 0.0347. The van der Waals surface area contributed by atoms with Crippen LogP contribution in [0.3, 0.4) is 0 Å². The molecular formula is C6H12N2O2. The molecule has 4 N–H and O–H groups in total. The summed E-state index contributed by atoms with van der Waals surface area (Å²) in [6.07, 6.45) is 1.31. The van der Waals surface area contributed by atoms with Crippen LogP contribution in [-0.4, -0.2) is 24.7 Å². The van der Waals surface area contributed by atoms with E-state index in [9.17, 15) is 4.79 Å². The lowest BCUT2D eigenvalue weighted by molar-refractivity contribution is -0.142. The van der Waals surface area contributed by atoms with Gasteiger partial charge in [0.05, 0.1) is 0 Å². The third-order valence-electron chi connectivity index (χ3n) is 1.59. The van der Waals surface area contributed by atoms with Crippen molar-refractivity contribution in [2.24, 2.45) is 11.5 Å². The summed E-state index contributed by atoms with van der Waals surface area (Å²) in [4.78, 5) is 10.7. The standard InChI is InChI=1S/C6H12N2O2/c7-2-1-4-3-5(8)6(9)10-4/h4-5H,1-3,7-8H2/t4-,5-/m0/s1. The van der Waals surface area contributed by atoms with Gasteiger partial charge in [-0.25, -0.2) is 0 Å². The van der Waals surface area contributed by atoms with Crippen LogP contribution in [0, 0.1) is 0 Å². The zero-order valence-corrected chi connectivity index (χ0v) is 5.75. The number of rotatable bonds is 2. The maximum Gasteiger partial charge on any atom is 0.323 e. The summed E-state index contributed by atoms with van der Waals surface area (Å²) in [5.41, 5.74) is 10.7. The Morgan fingerprint density at radius 2 is 2.40 bits per heavy atom. The number of hydrogen-bond donors (Lipinski definition) is 2. The highest BCUT2D eigenvalue weighted by Gasteiger charge is 2.30. The van der Waals surface area contributed by atoms with Gasteiger partial charge in [0.1, 0.15) is 12.1 Å². The largest absolute Gasteiger partial charge is 0.461 e. The SMILES string of the molecule is NCC[C@H]1C[C@H](N)C(=O)O1. The Labute approximate surface area is 59.5 Å². The predicted octanol–water partition coefficient (Wildman–Crippen LogP) is -1.02. The number of carbonyl (C=O) groups excluding carboxylic acids is 1. The van der Waals surface area contributed by atoms with Gasteiger partial charge in [-0.05, 0) is 13.0 Å². The van der Waals surface area contributed by atoms with Gasteiger partial charge in [0.2, 0.25) is 0 Å². The molecule has 1 rings (SSSR count). The fourth-order valence-electron chi connectivity index (χ4n) is 1.04. The molecule has 0 spiro atoms. The molecule has 0 aromatic rings. The summed E-state index contributed by atoms with van der Waals surface area (Å²) >= 11 is 0. The summed E-state index contributed by atoms with van der Waals surface area (Å²) in [6.45, 7) is 0.546. The first-order chi connectivity index (χ1) is 4.74. The molecule has 0 aromatic heterocycles. The average Bonchev–Trinajstić information content (AvgIpc) is 2.14. The van der Waals surface area contributed by atoms with Gasteiger partial charge in [0.25, 0.3) is 0 Å². The highest BCUT2D eigenvalue weighted by molar-refractivity contribution is 5.77. The maximum absolute atomic E-state index is 10.7. The first kappa shape index (κ1) is 7.50. The van der Waals surface area contributed by atoms with E-state index in [4.69, 9.17) is 16.2 Å². The molecule has 10 heavy (non-hydrogen) atoms. The Morgan fingerprint density at radius 3 is 2.80 bits per heavy atom. The lowest BCUT2D eigenvalue weighted by Gasteiger charge is -2.04. The molecule has 1 aliphatic heterocycles. The quantitative estimate of drug-likeness (QED) is 0.486. The smallest absolute Gasteiger partial charge is 0.323 e. The fourth-order valence-corrected chi connectivity index (χ4v) is 1.04. The summed E-state index contributed by atoms with van der Waals surface area (Å²) < 4.78 is 4.87. The van der Waals surface area contributed by atoms with Crippen molar-refractivity contribution in [2.45, 2.75) is 25.0 Å². The van der Waals surface area contributed by atoms with Crippen molar-refractivity contribution >= 4 is 5.97 Å². The van der Waals surface area contributed by atoms with Gasteiger partial charge < -0.3 is 16.2 Å². The maximum atomic E-state index is 10.7. The van der Waals surface area contributed by atoms with Crippen molar-refractivity contribution < 1.29 is 9.53 Å². The molecule has 4 heteroatoms. The van der Waals surface area contributed by atoms with Crippen molar-refractivity contribution in [1.29, 1.82) is 0 Å². The number of hydrogen-bond acceptors (Lipinski definition) is 4. The van der Waals surface area contributed by atoms with Gasteiger partial charge >= 0.3 is 5.97 Å². The second-order valence-corrected chi connectivity index (χ2v) is 2.48.